The van der Waals surface area contributed by atoms with Gasteiger partial charge in [0.15, 0.2) is 0 Å². The van der Waals surface area contributed by atoms with Crippen LogP contribution in [-0.2, 0) is 0 Å². The quantitative estimate of drug-likeness (QED) is 0.817. The molecule has 1 N–H and O–H groups in total. The number of carbonyl (C=O) groups excluding carboxylic acids is 1. The highest BCUT2D eigenvalue weighted by Crippen LogP contribution is 2.21. The number of rotatable bonds is 4. The van der Waals surface area contributed by atoms with Gasteiger partial charge in [0.25, 0.3) is 5.91 Å². The van der Waals surface area contributed by atoms with E-state index in [1.807, 2.05) is 13.8 Å². The number of hydrogen-bond acceptors (Lipinski definition) is 1. The third-order valence-corrected chi connectivity index (χ3v) is 3.30. The van der Waals surface area contributed by atoms with Gasteiger partial charge in [-0.05, 0) is 54.4 Å². The molecule has 1 rings (SSSR count). The molecule has 0 saturated carbocycles. The number of benzene rings is 1. The molecule has 1 aromatic carbocycles. The Balaban J connectivity index is 2.70. The molecule has 2 atom stereocenters. The van der Waals surface area contributed by atoms with Crippen molar-refractivity contribution in [3.8, 4) is 0 Å². The van der Waals surface area contributed by atoms with Crippen LogP contribution in [0.4, 0.5) is 0 Å². The highest BCUT2D eigenvalue weighted by atomic mass is 79.9. The molecular formula is C12H14BrCl2NO. The Morgan fingerprint density at radius 3 is 2.65 bits per heavy atom. The molecule has 0 fully saturated rings. The Labute approximate surface area is 120 Å². The van der Waals surface area contributed by atoms with Crippen molar-refractivity contribution < 1.29 is 4.79 Å². The van der Waals surface area contributed by atoms with E-state index in [0.717, 1.165) is 6.42 Å². The van der Waals surface area contributed by atoms with Gasteiger partial charge in [-0.3, -0.25) is 4.79 Å². The summed E-state index contributed by atoms with van der Waals surface area (Å²) in [7, 11) is 0. The fourth-order valence-electron chi connectivity index (χ4n) is 1.52. The van der Waals surface area contributed by atoms with Crippen molar-refractivity contribution in [2.45, 2.75) is 31.7 Å². The Bertz CT molecular complexity index is 409. The highest BCUT2D eigenvalue weighted by molar-refractivity contribution is 9.10. The second-order valence-electron chi connectivity index (χ2n) is 4.02. The summed E-state index contributed by atoms with van der Waals surface area (Å²) in [5, 5.41) is 3.53. The summed E-state index contributed by atoms with van der Waals surface area (Å²) in [6.45, 7) is 3.84. The Morgan fingerprint density at radius 1 is 1.47 bits per heavy atom. The minimum atomic E-state index is -0.127. The summed E-state index contributed by atoms with van der Waals surface area (Å²) in [6, 6.07) is 5.12. The van der Waals surface area contributed by atoms with Gasteiger partial charge in [0, 0.05) is 20.9 Å². The van der Waals surface area contributed by atoms with Crippen LogP contribution in [0.1, 0.15) is 30.6 Å². The molecule has 2 unspecified atom stereocenters. The molecule has 0 radical (unpaired) electrons. The number of amides is 1. The molecular weight excluding hydrogens is 325 g/mol. The molecule has 0 saturated heterocycles. The van der Waals surface area contributed by atoms with E-state index in [4.69, 9.17) is 23.2 Å². The van der Waals surface area contributed by atoms with E-state index < -0.39 is 0 Å². The molecule has 0 heterocycles. The van der Waals surface area contributed by atoms with Crippen LogP contribution in [0.25, 0.3) is 0 Å². The number of carbonyl (C=O) groups is 1. The van der Waals surface area contributed by atoms with Gasteiger partial charge in [0.2, 0.25) is 0 Å². The summed E-state index contributed by atoms with van der Waals surface area (Å²) in [5.41, 5.74) is 0.573. The number of hydrogen-bond donors (Lipinski definition) is 1. The van der Waals surface area contributed by atoms with Gasteiger partial charge >= 0.3 is 0 Å². The molecule has 0 aliphatic carbocycles. The largest absolute Gasteiger partial charge is 0.349 e. The minimum Gasteiger partial charge on any atom is -0.349 e. The van der Waals surface area contributed by atoms with Crippen LogP contribution in [-0.4, -0.2) is 17.3 Å². The molecule has 94 valence electrons. The molecule has 0 aromatic heterocycles. The number of nitrogens with one attached hydrogen (secondary N) is 1. The number of alkyl halides is 1. The maximum atomic E-state index is 11.9. The summed E-state index contributed by atoms with van der Waals surface area (Å²) >= 11 is 15.0. The van der Waals surface area contributed by atoms with Gasteiger partial charge in [-0.15, -0.1) is 11.6 Å². The smallest absolute Gasteiger partial charge is 0.252 e. The van der Waals surface area contributed by atoms with Gasteiger partial charge < -0.3 is 5.32 Å². The minimum absolute atomic E-state index is 0.0394. The zero-order valence-corrected chi connectivity index (χ0v) is 12.7. The fourth-order valence-corrected chi connectivity index (χ4v) is 2.65. The molecule has 1 aromatic rings. The average Bonchev–Trinajstić information content (AvgIpc) is 2.15. The van der Waals surface area contributed by atoms with Crippen LogP contribution >= 0.6 is 39.1 Å². The lowest BCUT2D eigenvalue weighted by atomic mass is 10.1. The Hall–Kier alpha value is -0.250. The molecule has 17 heavy (non-hydrogen) atoms. The van der Waals surface area contributed by atoms with Gasteiger partial charge in [0.1, 0.15) is 0 Å². The van der Waals surface area contributed by atoms with Crippen molar-refractivity contribution in [3.63, 3.8) is 0 Å². The fraction of sp³-hybridized carbons (Fsp3) is 0.417. The van der Waals surface area contributed by atoms with E-state index in [-0.39, 0.29) is 17.3 Å². The molecule has 0 aliphatic heterocycles. The van der Waals surface area contributed by atoms with E-state index in [1.54, 1.807) is 18.2 Å². The topological polar surface area (TPSA) is 29.1 Å². The molecule has 2 nitrogen and oxygen atoms in total. The Morgan fingerprint density at radius 2 is 2.12 bits per heavy atom. The van der Waals surface area contributed by atoms with Crippen LogP contribution < -0.4 is 5.32 Å². The first kappa shape index (κ1) is 14.8. The third-order valence-electron chi connectivity index (χ3n) is 2.23. The monoisotopic (exact) mass is 337 g/mol. The van der Waals surface area contributed by atoms with Crippen LogP contribution in [0.3, 0.4) is 0 Å². The van der Waals surface area contributed by atoms with Gasteiger partial charge in [-0.25, -0.2) is 0 Å². The third kappa shape index (κ3) is 4.86. The first-order valence-corrected chi connectivity index (χ1v) is 6.91. The first-order chi connectivity index (χ1) is 7.90. The van der Waals surface area contributed by atoms with E-state index in [9.17, 15) is 4.79 Å². The zero-order valence-electron chi connectivity index (χ0n) is 9.64. The van der Waals surface area contributed by atoms with Crippen LogP contribution in [0.15, 0.2) is 22.7 Å². The average molecular weight is 339 g/mol. The molecule has 0 aliphatic rings. The van der Waals surface area contributed by atoms with E-state index >= 15 is 0 Å². The predicted molar refractivity (Wildman–Crippen MR) is 76.0 cm³/mol. The van der Waals surface area contributed by atoms with E-state index in [0.29, 0.717) is 15.1 Å². The zero-order chi connectivity index (χ0) is 13.0. The van der Waals surface area contributed by atoms with Crippen LogP contribution in [0, 0.1) is 0 Å². The molecule has 0 bridgehead atoms. The lowest BCUT2D eigenvalue weighted by molar-refractivity contribution is 0.0938. The number of halogens is 3. The standard InChI is InChI=1S/C12H14BrCl2NO/c1-7(14)5-8(2)16-12(17)10-4-3-9(15)6-11(10)13/h3-4,6-8H,5H2,1-2H3,(H,16,17). The maximum Gasteiger partial charge on any atom is 0.252 e. The summed E-state index contributed by atoms with van der Waals surface area (Å²) in [6.07, 6.45) is 0.735. The molecule has 0 spiro atoms. The highest BCUT2D eigenvalue weighted by Gasteiger charge is 2.14. The van der Waals surface area contributed by atoms with Crippen LogP contribution in [0.2, 0.25) is 5.02 Å². The molecule has 5 heteroatoms. The lowest BCUT2D eigenvalue weighted by Gasteiger charge is -2.15. The summed E-state index contributed by atoms with van der Waals surface area (Å²) < 4.78 is 0.689. The summed E-state index contributed by atoms with van der Waals surface area (Å²) in [4.78, 5) is 11.9. The second-order valence-corrected chi connectivity index (χ2v) is 6.05. The maximum absolute atomic E-state index is 11.9. The Kier molecular flexibility index (Phi) is 5.77. The van der Waals surface area contributed by atoms with E-state index in [1.165, 1.54) is 0 Å². The predicted octanol–water partition coefficient (Wildman–Crippen LogP) is 4.24. The normalized spacial score (nSPS) is 14.2. The van der Waals surface area contributed by atoms with E-state index in [2.05, 4.69) is 21.2 Å². The van der Waals surface area contributed by atoms with Crippen molar-refractivity contribution in [3.05, 3.63) is 33.3 Å². The van der Waals surface area contributed by atoms with Crippen molar-refractivity contribution in [1.82, 2.24) is 5.32 Å². The lowest BCUT2D eigenvalue weighted by Crippen LogP contribution is -2.34. The molecule has 1 amide bonds. The second kappa shape index (κ2) is 6.62. The van der Waals surface area contributed by atoms with Crippen LogP contribution in [0.5, 0.6) is 0 Å². The van der Waals surface area contributed by atoms with Crippen molar-refractivity contribution in [2.75, 3.05) is 0 Å². The van der Waals surface area contributed by atoms with Crippen molar-refractivity contribution in [1.29, 1.82) is 0 Å². The van der Waals surface area contributed by atoms with Crippen molar-refractivity contribution >= 4 is 45.0 Å². The van der Waals surface area contributed by atoms with Gasteiger partial charge in [-0.2, -0.15) is 0 Å². The first-order valence-electron chi connectivity index (χ1n) is 5.30. The van der Waals surface area contributed by atoms with Gasteiger partial charge in [-0.1, -0.05) is 11.6 Å². The van der Waals surface area contributed by atoms with Crippen molar-refractivity contribution in [2.24, 2.45) is 0 Å². The van der Waals surface area contributed by atoms with Gasteiger partial charge in [0.05, 0.1) is 5.56 Å². The SMILES string of the molecule is CC(Cl)CC(C)NC(=O)c1ccc(Cl)cc1Br. The summed E-state index contributed by atoms with van der Waals surface area (Å²) in [5.74, 6) is -0.127.